The molecule has 0 bridgehead atoms. The normalized spacial score (nSPS) is 12.5. The molecule has 0 saturated heterocycles. The molecule has 4 aromatic rings. The summed E-state index contributed by atoms with van der Waals surface area (Å²) in [6, 6.07) is 16.6. The van der Waals surface area contributed by atoms with Gasteiger partial charge >= 0.3 is 0 Å². The van der Waals surface area contributed by atoms with E-state index in [0.29, 0.717) is 25.2 Å². The fourth-order valence-electron chi connectivity index (χ4n) is 3.47. The first-order chi connectivity index (χ1) is 12.7. The Hall–Kier alpha value is -3.24. The SMILES string of the molecule is Cn1c2ccccc2c2ccc(CC(N)c3nnnn3CCC#N)cc21. The van der Waals surface area contributed by atoms with Crippen LogP contribution in [0.15, 0.2) is 42.5 Å². The average molecular weight is 345 g/mol. The van der Waals surface area contributed by atoms with Crippen molar-refractivity contribution in [1.82, 2.24) is 24.8 Å². The van der Waals surface area contributed by atoms with Gasteiger partial charge in [-0.1, -0.05) is 30.3 Å². The lowest BCUT2D eigenvalue weighted by Crippen LogP contribution is -2.19. The van der Waals surface area contributed by atoms with E-state index in [-0.39, 0.29) is 6.04 Å². The summed E-state index contributed by atoms with van der Waals surface area (Å²) >= 11 is 0. The Kier molecular flexibility index (Phi) is 4.11. The number of tetrazole rings is 1. The van der Waals surface area contributed by atoms with E-state index < -0.39 is 0 Å². The molecular formula is C19H19N7. The van der Waals surface area contributed by atoms with Crippen LogP contribution in [0.5, 0.6) is 0 Å². The third-order valence-corrected chi connectivity index (χ3v) is 4.76. The van der Waals surface area contributed by atoms with Crippen molar-refractivity contribution in [2.75, 3.05) is 0 Å². The molecule has 7 heteroatoms. The highest BCUT2D eigenvalue weighted by molar-refractivity contribution is 6.08. The molecule has 1 unspecified atom stereocenters. The van der Waals surface area contributed by atoms with Crippen molar-refractivity contribution < 1.29 is 0 Å². The van der Waals surface area contributed by atoms with Gasteiger partial charge in [-0.25, -0.2) is 4.68 Å². The Morgan fingerprint density at radius 2 is 1.96 bits per heavy atom. The van der Waals surface area contributed by atoms with Gasteiger partial charge in [0.05, 0.1) is 25.1 Å². The molecule has 0 radical (unpaired) electrons. The molecule has 2 aromatic carbocycles. The van der Waals surface area contributed by atoms with Crippen molar-refractivity contribution in [3.8, 4) is 6.07 Å². The van der Waals surface area contributed by atoms with Crippen LogP contribution in [-0.4, -0.2) is 24.8 Å². The van der Waals surface area contributed by atoms with Crippen LogP contribution in [0.4, 0.5) is 0 Å². The van der Waals surface area contributed by atoms with E-state index in [1.807, 2.05) is 0 Å². The van der Waals surface area contributed by atoms with Gasteiger partial charge in [0.25, 0.3) is 0 Å². The predicted molar refractivity (Wildman–Crippen MR) is 99.1 cm³/mol. The molecule has 2 heterocycles. The highest BCUT2D eigenvalue weighted by atomic mass is 15.5. The van der Waals surface area contributed by atoms with Crippen molar-refractivity contribution in [3.63, 3.8) is 0 Å². The fraction of sp³-hybridized carbons (Fsp3) is 0.263. The maximum Gasteiger partial charge on any atom is 0.168 e. The van der Waals surface area contributed by atoms with Gasteiger partial charge in [-0.3, -0.25) is 0 Å². The Morgan fingerprint density at radius 3 is 2.81 bits per heavy atom. The Morgan fingerprint density at radius 1 is 1.15 bits per heavy atom. The molecule has 0 amide bonds. The van der Waals surface area contributed by atoms with Crippen molar-refractivity contribution >= 4 is 21.8 Å². The summed E-state index contributed by atoms with van der Waals surface area (Å²) in [7, 11) is 2.08. The average Bonchev–Trinajstić information content (AvgIpc) is 3.24. The van der Waals surface area contributed by atoms with E-state index in [9.17, 15) is 0 Å². The summed E-state index contributed by atoms with van der Waals surface area (Å²) < 4.78 is 3.82. The molecule has 0 fully saturated rings. The zero-order valence-electron chi connectivity index (χ0n) is 14.5. The Labute approximate surface area is 150 Å². The first-order valence-corrected chi connectivity index (χ1v) is 8.53. The van der Waals surface area contributed by atoms with Gasteiger partial charge in [0, 0.05) is 28.9 Å². The highest BCUT2D eigenvalue weighted by Gasteiger charge is 2.16. The number of hydrogen-bond donors (Lipinski definition) is 1. The number of nitriles is 1. The largest absolute Gasteiger partial charge is 0.344 e. The quantitative estimate of drug-likeness (QED) is 0.599. The third kappa shape index (κ3) is 2.70. The van der Waals surface area contributed by atoms with E-state index in [0.717, 1.165) is 5.56 Å². The number of benzene rings is 2. The summed E-state index contributed by atoms with van der Waals surface area (Å²) in [5.41, 5.74) is 9.87. The highest BCUT2D eigenvalue weighted by Crippen LogP contribution is 2.29. The lowest BCUT2D eigenvalue weighted by molar-refractivity contribution is 0.535. The summed E-state index contributed by atoms with van der Waals surface area (Å²) in [4.78, 5) is 0. The minimum Gasteiger partial charge on any atom is -0.344 e. The molecule has 0 aliphatic heterocycles. The number of rotatable bonds is 5. The van der Waals surface area contributed by atoms with Gasteiger partial charge in [0.2, 0.25) is 0 Å². The predicted octanol–water partition coefficient (Wildman–Crippen LogP) is 2.47. The summed E-state index contributed by atoms with van der Waals surface area (Å²) in [5, 5.41) is 22.9. The van der Waals surface area contributed by atoms with Crippen LogP contribution in [-0.2, 0) is 20.0 Å². The van der Waals surface area contributed by atoms with Crippen LogP contribution < -0.4 is 5.73 Å². The molecule has 2 N–H and O–H groups in total. The van der Waals surface area contributed by atoms with Crippen LogP contribution in [0.25, 0.3) is 21.8 Å². The van der Waals surface area contributed by atoms with Crippen LogP contribution in [0.3, 0.4) is 0 Å². The van der Waals surface area contributed by atoms with Crippen molar-refractivity contribution in [1.29, 1.82) is 5.26 Å². The van der Waals surface area contributed by atoms with Gasteiger partial charge in [0.1, 0.15) is 0 Å². The summed E-state index contributed by atoms with van der Waals surface area (Å²) in [5.74, 6) is 0.609. The number of fused-ring (bicyclic) bond motifs is 3. The van der Waals surface area contributed by atoms with E-state index in [4.69, 9.17) is 11.0 Å². The second-order valence-electron chi connectivity index (χ2n) is 6.41. The second kappa shape index (κ2) is 6.58. The monoisotopic (exact) mass is 345 g/mol. The number of aryl methyl sites for hydroxylation is 2. The Balaban J connectivity index is 1.65. The molecule has 2 aromatic heterocycles. The first-order valence-electron chi connectivity index (χ1n) is 8.53. The lowest BCUT2D eigenvalue weighted by Gasteiger charge is -2.11. The molecule has 0 aliphatic carbocycles. The number of nitrogens with two attached hydrogens (primary N) is 1. The topological polar surface area (TPSA) is 98.3 Å². The first kappa shape index (κ1) is 16.2. The van der Waals surface area contributed by atoms with Crippen molar-refractivity contribution in [2.45, 2.75) is 25.4 Å². The zero-order valence-corrected chi connectivity index (χ0v) is 14.5. The molecule has 0 saturated carbocycles. The molecule has 7 nitrogen and oxygen atoms in total. The van der Waals surface area contributed by atoms with Gasteiger partial charge in [0.15, 0.2) is 5.82 Å². The van der Waals surface area contributed by atoms with E-state index in [1.165, 1.54) is 21.8 Å². The third-order valence-electron chi connectivity index (χ3n) is 4.76. The van der Waals surface area contributed by atoms with Crippen molar-refractivity contribution in [2.24, 2.45) is 12.8 Å². The minimum atomic E-state index is -0.323. The van der Waals surface area contributed by atoms with Crippen LogP contribution in [0.2, 0.25) is 0 Å². The standard InChI is InChI=1S/C19H19N7/c1-25-17-6-3-2-5-14(17)15-8-7-13(12-18(15)25)11-16(21)19-22-23-24-26(19)10-4-9-20/h2-3,5-8,12,16H,4,10-11,21H2,1H3. The Bertz CT molecular complexity index is 1120. The smallest absolute Gasteiger partial charge is 0.168 e. The molecule has 0 spiro atoms. The van der Waals surface area contributed by atoms with Gasteiger partial charge in [-0.2, -0.15) is 5.26 Å². The summed E-state index contributed by atoms with van der Waals surface area (Å²) in [6.45, 7) is 0.453. The minimum absolute atomic E-state index is 0.323. The fourth-order valence-corrected chi connectivity index (χ4v) is 3.47. The van der Waals surface area contributed by atoms with E-state index in [1.54, 1.807) is 4.68 Å². The maximum absolute atomic E-state index is 8.75. The van der Waals surface area contributed by atoms with Gasteiger partial charge in [-0.05, 0) is 34.5 Å². The van der Waals surface area contributed by atoms with Gasteiger partial charge < -0.3 is 10.3 Å². The number of nitrogens with zero attached hydrogens (tertiary/aromatic N) is 6. The van der Waals surface area contributed by atoms with Crippen LogP contribution in [0.1, 0.15) is 23.9 Å². The van der Waals surface area contributed by atoms with Crippen LogP contribution in [0, 0.1) is 11.3 Å². The molecular weight excluding hydrogens is 326 g/mol. The molecule has 1 atom stereocenters. The van der Waals surface area contributed by atoms with Crippen molar-refractivity contribution in [3.05, 3.63) is 53.9 Å². The number of hydrogen-bond acceptors (Lipinski definition) is 5. The number of aromatic nitrogens is 5. The number of para-hydroxylation sites is 1. The molecule has 26 heavy (non-hydrogen) atoms. The maximum atomic E-state index is 8.75. The van der Waals surface area contributed by atoms with Crippen LogP contribution >= 0.6 is 0 Å². The van der Waals surface area contributed by atoms with E-state index in [2.05, 4.69) is 75.7 Å². The van der Waals surface area contributed by atoms with E-state index >= 15 is 0 Å². The molecule has 4 rings (SSSR count). The molecule has 130 valence electrons. The lowest BCUT2D eigenvalue weighted by atomic mass is 10.0. The second-order valence-corrected chi connectivity index (χ2v) is 6.41. The van der Waals surface area contributed by atoms with Gasteiger partial charge in [-0.15, -0.1) is 5.10 Å². The molecule has 0 aliphatic rings. The summed E-state index contributed by atoms with van der Waals surface area (Å²) in [6.07, 6.45) is 0.983. The zero-order chi connectivity index (χ0) is 18.1.